The summed E-state index contributed by atoms with van der Waals surface area (Å²) < 4.78 is 5.21. The second-order valence-electron chi connectivity index (χ2n) is 6.63. The zero-order chi connectivity index (χ0) is 19.1. The summed E-state index contributed by atoms with van der Waals surface area (Å²) in [6.45, 7) is 1.26. The van der Waals surface area contributed by atoms with Crippen molar-refractivity contribution in [2.75, 3.05) is 24.7 Å². The fourth-order valence-electron chi connectivity index (χ4n) is 3.05. The Hall–Kier alpha value is -2.49. The molecule has 1 aliphatic carbocycles. The lowest BCUT2D eigenvalue weighted by Crippen LogP contribution is -3.13. The monoisotopic (exact) mass is 382 g/mol. The number of benzene rings is 2. The van der Waals surface area contributed by atoms with Crippen molar-refractivity contribution >= 4 is 23.4 Å². The molecule has 1 amide bonds. The SMILES string of the molecule is COc1ccc(C[NH+](CC(=O)Nc2ccccc2SCC#N)C2CC2)cc1. The van der Waals surface area contributed by atoms with Gasteiger partial charge < -0.3 is 15.0 Å². The first kappa shape index (κ1) is 19.3. The highest BCUT2D eigenvalue weighted by Crippen LogP contribution is 2.26. The molecule has 5 nitrogen and oxygen atoms in total. The zero-order valence-corrected chi connectivity index (χ0v) is 16.2. The van der Waals surface area contributed by atoms with Crippen molar-refractivity contribution in [3.05, 3.63) is 54.1 Å². The van der Waals surface area contributed by atoms with Gasteiger partial charge in [0.2, 0.25) is 0 Å². The van der Waals surface area contributed by atoms with E-state index in [0.717, 1.165) is 22.9 Å². The molecule has 2 aromatic rings. The maximum atomic E-state index is 12.6. The minimum absolute atomic E-state index is 0.00965. The van der Waals surface area contributed by atoms with Gasteiger partial charge in [-0.15, -0.1) is 11.8 Å². The Balaban J connectivity index is 1.61. The number of thioether (sulfide) groups is 1. The van der Waals surface area contributed by atoms with Crippen molar-refractivity contribution in [2.45, 2.75) is 30.3 Å². The molecule has 1 unspecified atom stereocenters. The number of quaternary nitrogens is 1. The van der Waals surface area contributed by atoms with E-state index in [1.54, 1.807) is 7.11 Å². The number of nitrogens with one attached hydrogen (secondary N) is 2. The lowest BCUT2D eigenvalue weighted by atomic mass is 10.2. The average molecular weight is 383 g/mol. The second kappa shape index (κ2) is 9.45. The van der Waals surface area contributed by atoms with Gasteiger partial charge in [0.25, 0.3) is 5.91 Å². The first-order valence-corrected chi connectivity index (χ1v) is 10.0. The largest absolute Gasteiger partial charge is 0.497 e. The van der Waals surface area contributed by atoms with E-state index < -0.39 is 0 Å². The number of nitrogens with zero attached hydrogens (tertiary/aromatic N) is 1. The van der Waals surface area contributed by atoms with E-state index >= 15 is 0 Å². The number of anilines is 1. The van der Waals surface area contributed by atoms with Gasteiger partial charge in [0.15, 0.2) is 6.54 Å². The lowest BCUT2D eigenvalue weighted by Gasteiger charge is -2.19. The first-order chi connectivity index (χ1) is 13.2. The highest BCUT2D eigenvalue weighted by Gasteiger charge is 2.34. The number of hydrogen-bond acceptors (Lipinski definition) is 4. The highest BCUT2D eigenvalue weighted by atomic mass is 32.2. The van der Waals surface area contributed by atoms with E-state index in [2.05, 4.69) is 23.5 Å². The maximum absolute atomic E-state index is 12.6. The molecule has 0 radical (unpaired) electrons. The van der Waals surface area contributed by atoms with Gasteiger partial charge in [-0.1, -0.05) is 12.1 Å². The fraction of sp³-hybridized carbons (Fsp3) is 0.333. The lowest BCUT2D eigenvalue weighted by molar-refractivity contribution is -0.916. The molecule has 3 rings (SSSR count). The van der Waals surface area contributed by atoms with E-state index in [1.165, 1.54) is 35.1 Å². The predicted molar refractivity (Wildman–Crippen MR) is 107 cm³/mol. The van der Waals surface area contributed by atoms with E-state index in [-0.39, 0.29) is 5.91 Å². The molecule has 0 saturated heterocycles. The Bertz CT molecular complexity index is 813. The Labute approximate surface area is 164 Å². The van der Waals surface area contributed by atoms with Crippen LogP contribution in [0.4, 0.5) is 5.69 Å². The molecule has 0 heterocycles. The molecule has 1 fully saturated rings. The zero-order valence-electron chi connectivity index (χ0n) is 15.4. The number of para-hydroxylation sites is 1. The molecule has 0 spiro atoms. The second-order valence-corrected chi connectivity index (χ2v) is 7.64. The van der Waals surface area contributed by atoms with Gasteiger partial charge in [-0.05, 0) is 36.4 Å². The molecule has 1 atom stereocenters. The highest BCUT2D eigenvalue weighted by molar-refractivity contribution is 7.99. The Morgan fingerprint density at radius 2 is 2.00 bits per heavy atom. The number of ether oxygens (including phenoxy) is 1. The molecule has 1 saturated carbocycles. The molecule has 0 aromatic heterocycles. The third kappa shape index (κ3) is 5.75. The van der Waals surface area contributed by atoms with Crippen molar-refractivity contribution < 1.29 is 14.4 Å². The number of carbonyl (C=O) groups is 1. The van der Waals surface area contributed by atoms with Crippen LogP contribution < -0.4 is 15.0 Å². The molecule has 2 aromatic carbocycles. The Morgan fingerprint density at radius 3 is 2.67 bits per heavy atom. The van der Waals surface area contributed by atoms with Crippen molar-refractivity contribution in [1.29, 1.82) is 5.26 Å². The standard InChI is InChI=1S/C21H23N3O2S/c1-26-18-10-6-16(7-11-18)14-24(17-8-9-17)15-21(25)23-19-4-2-3-5-20(19)27-13-12-22/h2-7,10-11,17H,8-9,13-15H2,1H3,(H,23,25)/p+1. The Kier molecular flexibility index (Phi) is 6.74. The molecule has 6 heteroatoms. The molecule has 140 valence electrons. The minimum Gasteiger partial charge on any atom is -0.497 e. The molecule has 0 aliphatic heterocycles. The van der Waals surface area contributed by atoms with E-state index in [0.29, 0.717) is 18.3 Å². The smallest absolute Gasteiger partial charge is 0.279 e. The molecule has 1 aliphatic rings. The van der Waals surface area contributed by atoms with Crippen LogP contribution >= 0.6 is 11.8 Å². The predicted octanol–water partition coefficient (Wildman–Crippen LogP) is 2.50. The summed E-state index contributed by atoms with van der Waals surface area (Å²) in [4.78, 5) is 14.9. The van der Waals surface area contributed by atoms with Gasteiger partial charge >= 0.3 is 0 Å². The van der Waals surface area contributed by atoms with Crippen LogP contribution in [-0.4, -0.2) is 31.4 Å². The summed E-state index contributed by atoms with van der Waals surface area (Å²) in [6.07, 6.45) is 2.35. The van der Waals surface area contributed by atoms with Crippen molar-refractivity contribution in [1.82, 2.24) is 0 Å². The number of nitriles is 1. The third-order valence-corrected chi connectivity index (χ3v) is 5.53. The molecular weight excluding hydrogens is 358 g/mol. The number of hydrogen-bond donors (Lipinski definition) is 2. The van der Waals surface area contributed by atoms with Gasteiger partial charge in [0, 0.05) is 23.3 Å². The number of methoxy groups -OCH3 is 1. The third-order valence-electron chi connectivity index (χ3n) is 4.59. The van der Waals surface area contributed by atoms with Gasteiger partial charge in [-0.3, -0.25) is 4.79 Å². The number of amides is 1. The van der Waals surface area contributed by atoms with E-state index in [4.69, 9.17) is 10.00 Å². The van der Waals surface area contributed by atoms with E-state index in [1.807, 2.05) is 36.4 Å². The summed E-state index contributed by atoms with van der Waals surface area (Å²) in [7, 11) is 1.66. The average Bonchev–Trinajstić information content (AvgIpc) is 3.52. The topological polar surface area (TPSA) is 66.6 Å². The normalized spacial score (nSPS) is 14.2. The van der Waals surface area contributed by atoms with E-state index in [9.17, 15) is 4.79 Å². The number of carbonyl (C=O) groups excluding carboxylic acids is 1. The van der Waals surface area contributed by atoms with Crippen LogP contribution in [0.2, 0.25) is 0 Å². The van der Waals surface area contributed by atoms with Crippen molar-refractivity contribution in [2.24, 2.45) is 0 Å². The summed E-state index contributed by atoms with van der Waals surface area (Å²) in [6, 6.07) is 18.4. The van der Waals surface area contributed by atoms with Crippen LogP contribution in [-0.2, 0) is 11.3 Å². The molecular formula is C21H24N3O2S+. The molecule has 2 N–H and O–H groups in total. The van der Waals surface area contributed by atoms with Crippen LogP contribution in [0, 0.1) is 11.3 Å². The first-order valence-electron chi connectivity index (χ1n) is 9.05. The summed E-state index contributed by atoms with van der Waals surface area (Å²) in [5.41, 5.74) is 1.98. The van der Waals surface area contributed by atoms with Crippen molar-refractivity contribution in [3.8, 4) is 11.8 Å². The fourth-order valence-corrected chi connectivity index (χ4v) is 3.72. The van der Waals surface area contributed by atoms with Crippen LogP contribution in [0.1, 0.15) is 18.4 Å². The van der Waals surface area contributed by atoms with Crippen LogP contribution in [0.25, 0.3) is 0 Å². The summed E-state index contributed by atoms with van der Waals surface area (Å²) in [5.74, 6) is 1.22. The summed E-state index contributed by atoms with van der Waals surface area (Å²) in [5, 5.41) is 11.8. The maximum Gasteiger partial charge on any atom is 0.279 e. The van der Waals surface area contributed by atoms with Gasteiger partial charge in [0.1, 0.15) is 12.3 Å². The van der Waals surface area contributed by atoms with Gasteiger partial charge in [0.05, 0.1) is 30.7 Å². The Morgan fingerprint density at radius 1 is 1.26 bits per heavy atom. The van der Waals surface area contributed by atoms with Crippen LogP contribution in [0.3, 0.4) is 0 Å². The van der Waals surface area contributed by atoms with Gasteiger partial charge in [-0.2, -0.15) is 5.26 Å². The van der Waals surface area contributed by atoms with Crippen molar-refractivity contribution in [3.63, 3.8) is 0 Å². The van der Waals surface area contributed by atoms with Crippen LogP contribution in [0.15, 0.2) is 53.4 Å². The molecule has 27 heavy (non-hydrogen) atoms. The minimum atomic E-state index is 0.00965. The quantitative estimate of drug-likeness (QED) is 0.654. The number of rotatable bonds is 9. The van der Waals surface area contributed by atoms with Crippen LogP contribution in [0.5, 0.6) is 5.75 Å². The molecule has 0 bridgehead atoms. The summed E-state index contributed by atoms with van der Waals surface area (Å²) >= 11 is 1.44. The van der Waals surface area contributed by atoms with Gasteiger partial charge in [-0.25, -0.2) is 0 Å².